The number of nitrogens with two attached hydrogens (primary N) is 1. The number of halogens is 4. The molecule has 4 rings (SSSR count). The van der Waals surface area contributed by atoms with Gasteiger partial charge in [-0.05, 0) is 55.0 Å². The van der Waals surface area contributed by atoms with Crippen LogP contribution in [0.2, 0.25) is 5.02 Å². The zero-order valence-corrected chi connectivity index (χ0v) is 20.8. The first-order valence-electron chi connectivity index (χ1n) is 11.9. The Kier molecular flexibility index (Phi) is 8.32. The zero-order chi connectivity index (χ0) is 27.4. The number of rotatable bonds is 9. The lowest BCUT2D eigenvalue weighted by molar-refractivity contribution is -0.274. The molecule has 2 aliphatic rings. The number of oxime groups is 1. The third-order valence-corrected chi connectivity index (χ3v) is 6.57. The molecule has 0 radical (unpaired) electrons. The summed E-state index contributed by atoms with van der Waals surface area (Å²) in [5.74, 6) is -1.68. The molecule has 2 atom stereocenters. The summed E-state index contributed by atoms with van der Waals surface area (Å²) in [6.07, 6.45) is -3.25. The predicted molar refractivity (Wildman–Crippen MR) is 131 cm³/mol. The van der Waals surface area contributed by atoms with Gasteiger partial charge in [0.15, 0.2) is 11.9 Å². The number of nitrogens with zero attached hydrogens (tertiary/aromatic N) is 2. The second-order valence-corrected chi connectivity index (χ2v) is 9.49. The molecule has 2 aromatic rings. The maximum atomic E-state index is 12.8. The van der Waals surface area contributed by atoms with E-state index in [4.69, 9.17) is 22.2 Å². The lowest BCUT2D eigenvalue weighted by Gasteiger charge is -2.40. The van der Waals surface area contributed by atoms with Gasteiger partial charge in [0.2, 0.25) is 5.91 Å². The standard InChI is InChI=1S/C25H26ClF3N4O5/c26-17-10-16(11-19(12-17)37-25(27,28)29)21(34)24(36)33-9-8-20(33)23(35)31-13-14-4-6-15(7-5-14)22(30)32-38-18-2-1-3-18/h4-7,10-12,18,20-21,34H,1-3,8-9,13H2,(H2,30,32)(H,31,35). The monoisotopic (exact) mass is 554 g/mol. The second-order valence-electron chi connectivity index (χ2n) is 9.06. The summed E-state index contributed by atoms with van der Waals surface area (Å²) >= 11 is 5.83. The Morgan fingerprint density at radius 1 is 1.18 bits per heavy atom. The van der Waals surface area contributed by atoms with Gasteiger partial charge in [-0.1, -0.05) is 41.0 Å². The van der Waals surface area contributed by atoms with E-state index in [0.29, 0.717) is 12.0 Å². The Bertz CT molecular complexity index is 1200. The fourth-order valence-corrected chi connectivity index (χ4v) is 4.15. The molecule has 1 saturated carbocycles. The summed E-state index contributed by atoms with van der Waals surface area (Å²) in [6.45, 7) is 0.388. The molecule has 13 heteroatoms. The van der Waals surface area contributed by atoms with Crippen molar-refractivity contribution in [3.63, 3.8) is 0 Å². The van der Waals surface area contributed by atoms with Crippen molar-refractivity contribution < 1.29 is 37.4 Å². The van der Waals surface area contributed by atoms with Crippen LogP contribution >= 0.6 is 11.6 Å². The fourth-order valence-electron chi connectivity index (χ4n) is 3.92. The number of amidine groups is 1. The van der Waals surface area contributed by atoms with E-state index in [1.165, 1.54) is 0 Å². The molecule has 0 bridgehead atoms. The van der Waals surface area contributed by atoms with Gasteiger partial charge in [-0.3, -0.25) is 9.59 Å². The van der Waals surface area contributed by atoms with Crippen LogP contribution in [0.5, 0.6) is 5.75 Å². The van der Waals surface area contributed by atoms with Crippen molar-refractivity contribution in [3.05, 3.63) is 64.2 Å². The highest BCUT2D eigenvalue weighted by Crippen LogP contribution is 2.31. The van der Waals surface area contributed by atoms with Crippen molar-refractivity contribution in [2.24, 2.45) is 10.9 Å². The quantitative estimate of drug-likeness (QED) is 0.248. The lowest BCUT2D eigenvalue weighted by Crippen LogP contribution is -2.59. The van der Waals surface area contributed by atoms with Crippen molar-refractivity contribution in [1.29, 1.82) is 0 Å². The molecule has 4 N–H and O–H groups in total. The highest BCUT2D eigenvalue weighted by atomic mass is 35.5. The van der Waals surface area contributed by atoms with Crippen LogP contribution in [0, 0.1) is 0 Å². The largest absolute Gasteiger partial charge is 0.573 e. The van der Waals surface area contributed by atoms with E-state index < -0.39 is 36.1 Å². The molecule has 38 heavy (non-hydrogen) atoms. The second kappa shape index (κ2) is 11.5. The van der Waals surface area contributed by atoms with E-state index in [0.717, 1.165) is 47.9 Å². The molecule has 2 aromatic carbocycles. The van der Waals surface area contributed by atoms with Crippen LogP contribution in [-0.4, -0.2) is 52.7 Å². The molecule has 1 saturated heterocycles. The molecule has 2 amide bonds. The van der Waals surface area contributed by atoms with Gasteiger partial charge in [-0.25, -0.2) is 0 Å². The Balaban J connectivity index is 1.31. The Morgan fingerprint density at radius 2 is 1.89 bits per heavy atom. The van der Waals surface area contributed by atoms with Crippen LogP contribution in [0.25, 0.3) is 0 Å². The molecule has 204 valence electrons. The van der Waals surface area contributed by atoms with E-state index in [1.807, 2.05) is 0 Å². The average Bonchev–Trinajstić information content (AvgIpc) is 2.79. The molecule has 2 unspecified atom stereocenters. The average molecular weight is 555 g/mol. The first kappa shape index (κ1) is 27.5. The van der Waals surface area contributed by atoms with Crippen molar-refractivity contribution >= 4 is 29.3 Å². The number of carbonyl (C=O) groups is 2. The topological polar surface area (TPSA) is 126 Å². The van der Waals surface area contributed by atoms with Gasteiger partial charge in [0.25, 0.3) is 5.91 Å². The summed E-state index contributed by atoms with van der Waals surface area (Å²) < 4.78 is 41.5. The third-order valence-electron chi connectivity index (χ3n) is 6.35. The summed E-state index contributed by atoms with van der Waals surface area (Å²) in [5.41, 5.74) is 7.22. The molecular formula is C25H26ClF3N4O5. The number of likely N-dealkylation sites (tertiary alicyclic amines) is 1. The van der Waals surface area contributed by atoms with Crippen molar-refractivity contribution in [2.45, 2.75) is 56.8 Å². The van der Waals surface area contributed by atoms with Gasteiger partial charge in [-0.2, -0.15) is 0 Å². The van der Waals surface area contributed by atoms with Gasteiger partial charge in [0, 0.05) is 23.7 Å². The summed E-state index contributed by atoms with van der Waals surface area (Å²) in [7, 11) is 0. The Labute approximate surface area is 221 Å². The molecule has 1 aliphatic heterocycles. The molecule has 2 fully saturated rings. The molecular weight excluding hydrogens is 529 g/mol. The van der Waals surface area contributed by atoms with Crippen LogP contribution in [-0.2, 0) is 21.0 Å². The van der Waals surface area contributed by atoms with Crippen LogP contribution in [0.3, 0.4) is 0 Å². The number of aliphatic hydroxyl groups is 1. The summed E-state index contributed by atoms with van der Waals surface area (Å²) in [6, 6.07) is 9.16. The number of carbonyl (C=O) groups excluding carboxylic acids is 2. The zero-order valence-electron chi connectivity index (χ0n) is 20.1. The van der Waals surface area contributed by atoms with Crippen molar-refractivity contribution in [1.82, 2.24) is 10.2 Å². The lowest BCUT2D eigenvalue weighted by atomic mass is 9.97. The summed E-state index contributed by atoms with van der Waals surface area (Å²) in [4.78, 5) is 32.0. The van der Waals surface area contributed by atoms with Crippen LogP contribution in [0.4, 0.5) is 13.2 Å². The number of benzene rings is 2. The summed E-state index contributed by atoms with van der Waals surface area (Å²) in [5, 5.41) is 17.0. The SMILES string of the molecule is N/C(=N/OC1CCC1)c1ccc(CNC(=O)C2CCN2C(=O)C(O)c2cc(Cl)cc(OC(F)(F)F)c2)cc1. The van der Waals surface area contributed by atoms with Gasteiger partial charge in [0.1, 0.15) is 17.9 Å². The Morgan fingerprint density at radius 3 is 2.47 bits per heavy atom. The first-order valence-corrected chi connectivity index (χ1v) is 12.3. The first-order chi connectivity index (χ1) is 18.0. The number of hydrogen-bond donors (Lipinski definition) is 3. The number of amides is 2. The van der Waals surface area contributed by atoms with Gasteiger partial charge >= 0.3 is 6.36 Å². The van der Waals surface area contributed by atoms with E-state index in [9.17, 15) is 27.9 Å². The number of nitrogens with one attached hydrogen (secondary N) is 1. The van der Waals surface area contributed by atoms with Gasteiger partial charge < -0.3 is 30.6 Å². The normalized spacial score (nSPS) is 18.7. The minimum absolute atomic E-state index is 0.119. The Hall–Kier alpha value is -3.51. The van der Waals surface area contributed by atoms with E-state index in [1.54, 1.807) is 24.3 Å². The minimum Gasteiger partial charge on any atom is -0.406 e. The molecule has 1 aliphatic carbocycles. The third kappa shape index (κ3) is 6.87. The van der Waals surface area contributed by atoms with Crippen LogP contribution in [0.1, 0.15) is 48.5 Å². The van der Waals surface area contributed by atoms with E-state index in [-0.39, 0.29) is 35.6 Å². The molecule has 9 nitrogen and oxygen atoms in total. The maximum absolute atomic E-state index is 12.8. The smallest absolute Gasteiger partial charge is 0.406 e. The van der Waals surface area contributed by atoms with Crippen LogP contribution in [0.15, 0.2) is 47.6 Å². The molecule has 1 heterocycles. The minimum atomic E-state index is -4.97. The van der Waals surface area contributed by atoms with Crippen LogP contribution < -0.4 is 15.8 Å². The van der Waals surface area contributed by atoms with Gasteiger partial charge in [-0.15, -0.1) is 13.2 Å². The molecule has 0 spiro atoms. The van der Waals surface area contributed by atoms with E-state index >= 15 is 0 Å². The highest BCUT2D eigenvalue weighted by molar-refractivity contribution is 6.30. The maximum Gasteiger partial charge on any atom is 0.573 e. The van der Waals surface area contributed by atoms with Crippen molar-refractivity contribution in [3.8, 4) is 5.75 Å². The molecule has 0 aromatic heterocycles. The van der Waals surface area contributed by atoms with Gasteiger partial charge in [0.05, 0.1) is 0 Å². The van der Waals surface area contributed by atoms with Crippen molar-refractivity contribution in [2.75, 3.05) is 6.54 Å². The highest BCUT2D eigenvalue weighted by Gasteiger charge is 2.40. The number of aliphatic hydroxyl groups excluding tert-OH is 1. The number of ether oxygens (including phenoxy) is 1. The predicted octanol–water partition coefficient (Wildman–Crippen LogP) is 3.38. The number of hydrogen-bond acceptors (Lipinski definition) is 6. The number of alkyl halides is 3. The fraction of sp³-hybridized carbons (Fsp3) is 0.400. The van der Waals surface area contributed by atoms with E-state index in [2.05, 4.69) is 15.2 Å².